The molecule has 20 heavy (non-hydrogen) atoms. The summed E-state index contributed by atoms with van der Waals surface area (Å²) in [4.78, 5) is 0. The van der Waals surface area contributed by atoms with E-state index in [9.17, 15) is 0 Å². The Kier molecular flexibility index (Phi) is 3.89. The first kappa shape index (κ1) is 13.4. The van der Waals surface area contributed by atoms with E-state index in [0.29, 0.717) is 6.04 Å². The SMILES string of the molecule is Cc1ccc(C(Cc2ccn(C3CCCC3)n2)NN)o1. The van der Waals surface area contributed by atoms with Crippen molar-refractivity contribution >= 4 is 0 Å². The summed E-state index contributed by atoms with van der Waals surface area (Å²) in [6, 6.07) is 6.55. The van der Waals surface area contributed by atoms with Gasteiger partial charge < -0.3 is 4.42 Å². The predicted molar refractivity (Wildman–Crippen MR) is 76.9 cm³/mol. The van der Waals surface area contributed by atoms with E-state index in [1.807, 2.05) is 19.1 Å². The fourth-order valence-corrected chi connectivity index (χ4v) is 2.95. The lowest BCUT2D eigenvalue weighted by Crippen LogP contribution is -2.29. The van der Waals surface area contributed by atoms with Gasteiger partial charge in [0.05, 0.1) is 17.8 Å². The number of hydrogen-bond donors (Lipinski definition) is 2. The van der Waals surface area contributed by atoms with Gasteiger partial charge in [-0.2, -0.15) is 5.10 Å². The molecule has 2 aromatic rings. The molecule has 1 fully saturated rings. The monoisotopic (exact) mass is 274 g/mol. The van der Waals surface area contributed by atoms with Gasteiger partial charge in [0.25, 0.3) is 0 Å². The molecule has 1 unspecified atom stereocenters. The summed E-state index contributed by atoms with van der Waals surface area (Å²) in [7, 11) is 0. The van der Waals surface area contributed by atoms with Crippen LogP contribution in [0.15, 0.2) is 28.8 Å². The minimum atomic E-state index is -0.0318. The lowest BCUT2D eigenvalue weighted by Gasteiger charge is -2.12. The van der Waals surface area contributed by atoms with E-state index in [-0.39, 0.29) is 6.04 Å². The third-order valence-electron chi connectivity index (χ3n) is 4.08. The number of furan rings is 1. The van der Waals surface area contributed by atoms with E-state index in [1.165, 1.54) is 25.7 Å². The van der Waals surface area contributed by atoms with Crippen molar-refractivity contribution in [3.8, 4) is 0 Å². The highest BCUT2D eigenvalue weighted by molar-refractivity contribution is 5.13. The molecular weight excluding hydrogens is 252 g/mol. The molecule has 0 spiro atoms. The fraction of sp³-hybridized carbons (Fsp3) is 0.533. The van der Waals surface area contributed by atoms with E-state index in [1.54, 1.807) is 0 Å². The molecule has 0 bridgehead atoms. The van der Waals surface area contributed by atoms with Crippen LogP contribution in [0.25, 0.3) is 0 Å². The highest BCUT2D eigenvalue weighted by Gasteiger charge is 2.19. The molecule has 2 aromatic heterocycles. The van der Waals surface area contributed by atoms with E-state index < -0.39 is 0 Å². The molecule has 0 amide bonds. The molecule has 1 atom stereocenters. The van der Waals surface area contributed by atoms with Crippen molar-refractivity contribution in [3.05, 3.63) is 41.6 Å². The summed E-state index contributed by atoms with van der Waals surface area (Å²) in [6.45, 7) is 1.94. The van der Waals surface area contributed by atoms with Gasteiger partial charge in [-0.1, -0.05) is 12.8 Å². The van der Waals surface area contributed by atoms with Crippen molar-refractivity contribution in [1.29, 1.82) is 0 Å². The van der Waals surface area contributed by atoms with Crippen molar-refractivity contribution in [2.45, 2.75) is 51.1 Å². The van der Waals surface area contributed by atoms with Gasteiger partial charge in [-0.05, 0) is 38.0 Å². The molecular formula is C15H22N4O. The molecule has 3 N–H and O–H groups in total. The number of hydrazine groups is 1. The zero-order valence-electron chi connectivity index (χ0n) is 11.9. The van der Waals surface area contributed by atoms with Crippen molar-refractivity contribution in [2.24, 2.45) is 5.84 Å². The number of nitrogens with one attached hydrogen (secondary N) is 1. The van der Waals surface area contributed by atoms with Gasteiger partial charge in [-0.3, -0.25) is 10.5 Å². The van der Waals surface area contributed by atoms with Gasteiger partial charge in [0.1, 0.15) is 11.5 Å². The summed E-state index contributed by atoms with van der Waals surface area (Å²) in [5.74, 6) is 7.41. The Balaban J connectivity index is 1.69. The van der Waals surface area contributed by atoms with Crippen LogP contribution in [0, 0.1) is 6.92 Å². The fourth-order valence-electron chi connectivity index (χ4n) is 2.95. The largest absolute Gasteiger partial charge is 0.465 e. The van der Waals surface area contributed by atoms with Crippen molar-refractivity contribution in [1.82, 2.24) is 15.2 Å². The molecule has 0 radical (unpaired) electrons. The van der Waals surface area contributed by atoms with Gasteiger partial charge in [-0.15, -0.1) is 0 Å². The van der Waals surface area contributed by atoms with Crippen molar-refractivity contribution in [2.75, 3.05) is 0 Å². The first-order chi connectivity index (χ1) is 9.76. The molecule has 1 aliphatic carbocycles. The number of aryl methyl sites for hydroxylation is 1. The number of nitrogens with zero attached hydrogens (tertiary/aromatic N) is 2. The number of hydrogen-bond acceptors (Lipinski definition) is 4. The summed E-state index contributed by atoms with van der Waals surface area (Å²) in [6.07, 6.45) is 7.96. The minimum Gasteiger partial charge on any atom is -0.465 e. The van der Waals surface area contributed by atoms with Crippen LogP contribution in [0.2, 0.25) is 0 Å². The summed E-state index contributed by atoms with van der Waals surface area (Å²) in [5, 5.41) is 4.69. The lowest BCUT2D eigenvalue weighted by molar-refractivity contribution is 0.397. The van der Waals surface area contributed by atoms with Gasteiger partial charge in [0.2, 0.25) is 0 Å². The molecule has 0 aromatic carbocycles. The van der Waals surface area contributed by atoms with Crippen LogP contribution in [0.3, 0.4) is 0 Å². The van der Waals surface area contributed by atoms with Gasteiger partial charge >= 0.3 is 0 Å². The maximum absolute atomic E-state index is 5.65. The topological polar surface area (TPSA) is 69.0 Å². The predicted octanol–water partition coefficient (Wildman–Crippen LogP) is 2.65. The standard InChI is InChI=1S/C15H22N4O/c1-11-6-7-15(20-11)14(17-16)10-12-8-9-19(18-12)13-4-2-3-5-13/h6-9,13-14,17H,2-5,10,16H2,1H3. The Labute approximate surface area is 119 Å². The second-order valence-corrected chi connectivity index (χ2v) is 5.60. The van der Waals surface area contributed by atoms with Crippen LogP contribution >= 0.6 is 0 Å². The maximum atomic E-state index is 5.65. The number of rotatable bonds is 5. The highest BCUT2D eigenvalue weighted by Crippen LogP contribution is 2.29. The first-order valence-corrected chi connectivity index (χ1v) is 7.33. The van der Waals surface area contributed by atoms with Crippen LogP contribution < -0.4 is 11.3 Å². The van der Waals surface area contributed by atoms with Crippen LogP contribution in [-0.2, 0) is 6.42 Å². The Morgan fingerprint density at radius 3 is 2.85 bits per heavy atom. The normalized spacial score (nSPS) is 17.7. The van der Waals surface area contributed by atoms with E-state index in [0.717, 1.165) is 23.6 Å². The summed E-state index contributed by atoms with van der Waals surface area (Å²) >= 11 is 0. The third-order valence-corrected chi connectivity index (χ3v) is 4.08. The zero-order chi connectivity index (χ0) is 13.9. The van der Waals surface area contributed by atoms with Crippen LogP contribution in [0.4, 0.5) is 0 Å². The number of nitrogens with two attached hydrogens (primary N) is 1. The summed E-state index contributed by atoms with van der Waals surface area (Å²) in [5.41, 5.74) is 3.87. The van der Waals surface area contributed by atoms with Crippen molar-refractivity contribution < 1.29 is 4.42 Å². The van der Waals surface area contributed by atoms with Crippen LogP contribution in [0.1, 0.15) is 55.0 Å². The molecule has 108 valence electrons. The highest BCUT2D eigenvalue weighted by atomic mass is 16.3. The van der Waals surface area contributed by atoms with Gasteiger partial charge in [0, 0.05) is 12.6 Å². The second kappa shape index (κ2) is 5.81. The molecule has 1 saturated carbocycles. The summed E-state index contributed by atoms with van der Waals surface area (Å²) < 4.78 is 7.75. The zero-order valence-corrected chi connectivity index (χ0v) is 11.9. The average molecular weight is 274 g/mol. The molecule has 5 nitrogen and oxygen atoms in total. The van der Waals surface area contributed by atoms with Crippen LogP contribution in [-0.4, -0.2) is 9.78 Å². The van der Waals surface area contributed by atoms with Gasteiger partial charge in [-0.25, -0.2) is 5.43 Å². The minimum absolute atomic E-state index is 0.0318. The first-order valence-electron chi connectivity index (χ1n) is 7.33. The van der Waals surface area contributed by atoms with Crippen LogP contribution in [0.5, 0.6) is 0 Å². The molecule has 1 aliphatic rings. The Morgan fingerprint density at radius 2 is 2.20 bits per heavy atom. The maximum Gasteiger partial charge on any atom is 0.122 e. The van der Waals surface area contributed by atoms with Gasteiger partial charge in [0.15, 0.2) is 0 Å². The second-order valence-electron chi connectivity index (χ2n) is 5.60. The Hall–Kier alpha value is -1.59. The average Bonchev–Trinajstić information content (AvgIpc) is 3.16. The van der Waals surface area contributed by atoms with E-state index >= 15 is 0 Å². The van der Waals surface area contributed by atoms with E-state index in [4.69, 9.17) is 15.4 Å². The number of aromatic nitrogens is 2. The van der Waals surface area contributed by atoms with Crippen molar-refractivity contribution in [3.63, 3.8) is 0 Å². The quantitative estimate of drug-likeness (QED) is 0.649. The Morgan fingerprint density at radius 1 is 1.40 bits per heavy atom. The smallest absolute Gasteiger partial charge is 0.122 e. The molecule has 2 heterocycles. The molecule has 0 aliphatic heterocycles. The third kappa shape index (κ3) is 2.78. The molecule has 5 heteroatoms. The Bertz CT molecular complexity index is 554. The molecule has 0 saturated heterocycles. The lowest BCUT2D eigenvalue weighted by atomic mass is 10.1. The van der Waals surface area contributed by atoms with E-state index in [2.05, 4.69) is 22.4 Å². The molecule has 3 rings (SSSR count).